The van der Waals surface area contributed by atoms with E-state index in [2.05, 4.69) is 17.6 Å². The zero-order valence-corrected chi connectivity index (χ0v) is 11.4. The minimum absolute atomic E-state index is 0.127. The van der Waals surface area contributed by atoms with E-state index >= 15 is 0 Å². The summed E-state index contributed by atoms with van der Waals surface area (Å²) in [7, 11) is 0. The molecule has 3 heteroatoms. The number of likely N-dealkylation sites (N-methyl/N-ethyl adjacent to an activating group) is 1. The van der Waals surface area contributed by atoms with Crippen LogP contribution in [0.5, 0.6) is 0 Å². The van der Waals surface area contributed by atoms with Gasteiger partial charge in [0.1, 0.15) is 0 Å². The molecular formula is C14H28N2O. The second kappa shape index (κ2) is 8.51. The van der Waals surface area contributed by atoms with Gasteiger partial charge in [-0.15, -0.1) is 0 Å². The van der Waals surface area contributed by atoms with E-state index < -0.39 is 0 Å². The third-order valence-electron chi connectivity index (χ3n) is 3.71. The van der Waals surface area contributed by atoms with Gasteiger partial charge in [0.05, 0.1) is 6.54 Å². The van der Waals surface area contributed by atoms with Gasteiger partial charge in [-0.25, -0.2) is 0 Å². The summed E-state index contributed by atoms with van der Waals surface area (Å²) in [5, 5.41) is 6.23. The van der Waals surface area contributed by atoms with E-state index in [1.807, 2.05) is 6.92 Å². The van der Waals surface area contributed by atoms with E-state index in [9.17, 15) is 4.79 Å². The third kappa shape index (κ3) is 6.06. The van der Waals surface area contributed by atoms with E-state index in [0.29, 0.717) is 12.6 Å². The maximum Gasteiger partial charge on any atom is 0.233 e. The van der Waals surface area contributed by atoms with Crippen LogP contribution in [0, 0.1) is 5.92 Å². The van der Waals surface area contributed by atoms with E-state index in [1.165, 1.54) is 44.9 Å². The Morgan fingerprint density at radius 3 is 2.71 bits per heavy atom. The van der Waals surface area contributed by atoms with Crippen molar-refractivity contribution in [3.05, 3.63) is 0 Å². The van der Waals surface area contributed by atoms with Crippen molar-refractivity contribution in [2.24, 2.45) is 5.92 Å². The lowest BCUT2D eigenvalue weighted by Gasteiger charge is -2.16. The van der Waals surface area contributed by atoms with Crippen molar-refractivity contribution in [1.82, 2.24) is 10.6 Å². The molecule has 3 nitrogen and oxygen atoms in total. The lowest BCUT2D eigenvalue weighted by Crippen LogP contribution is -2.38. The summed E-state index contributed by atoms with van der Waals surface area (Å²) in [5.74, 6) is 1.05. The lowest BCUT2D eigenvalue weighted by atomic mass is 9.95. The van der Waals surface area contributed by atoms with Gasteiger partial charge in [0.25, 0.3) is 0 Å². The first-order valence-corrected chi connectivity index (χ1v) is 7.26. The molecule has 2 atom stereocenters. The van der Waals surface area contributed by atoms with Crippen molar-refractivity contribution >= 4 is 5.91 Å². The number of hydrogen-bond donors (Lipinski definition) is 2. The summed E-state index contributed by atoms with van der Waals surface area (Å²) < 4.78 is 0. The van der Waals surface area contributed by atoms with Gasteiger partial charge in [-0.2, -0.15) is 0 Å². The predicted molar refractivity (Wildman–Crippen MR) is 72.0 cm³/mol. The average molecular weight is 240 g/mol. The molecule has 0 bridgehead atoms. The molecule has 100 valence electrons. The molecule has 1 aliphatic carbocycles. The summed E-state index contributed by atoms with van der Waals surface area (Å²) in [6, 6.07) is 0.555. The Morgan fingerprint density at radius 2 is 2.00 bits per heavy atom. The number of hydrogen-bond acceptors (Lipinski definition) is 2. The summed E-state index contributed by atoms with van der Waals surface area (Å²) >= 11 is 0. The van der Waals surface area contributed by atoms with Crippen LogP contribution in [-0.2, 0) is 4.79 Å². The van der Waals surface area contributed by atoms with Gasteiger partial charge in [0.15, 0.2) is 0 Å². The highest BCUT2D eigenvalue weighted by atomic mass is 16.1. The molecule has 0 aromatic carbocycles. The maximum atomic E-state index is 11.4. The van der Waals surface area contributed by atoms with Crippen LogP contribution in [0.25, 0.3) is 0 Å². The van der Waals surface area contributed by atoms with Crippen LogP contribution >= 0.6 is 0 Å². The second-order valence-corrected chi connectivity index (χ2v) is 5.19. The summed E-state index contributed by atoms with van der Waals surface area (Å²) in [5.41, 5.74) is 0. The van der Waals surface area contributed by atoms with Gasteiger partial charge < -0.3 is 10.6 Å². The molecule has 0 aromatic heterocycles. The molecular weight excluding hydrogens is 212 g/mol. The number of nitrogens with one attached hydrogen (secondary N) is 2. The number of rotatable bonds is 6. The molecule has 17 heavy (non-hydrogen) atoms. The Balaban J connectivity index is 2.19. The molecule has 0 spiro atoms. The van der Waals surface area contributed by atoms with Gasteiger partial charge in [0.2, 0.25) is 5.91 Å². The fourth-order valence-corrected chi connectivity index (χ4v) is 2.78. The van der Waals surface area contributed by atoms with Crippen molar-refractivity contribution in [2.45, 2.75) is 64.8 Å². The second-order valence-electron chi connectivity index (χ2n) is 5.19. The lowest BCUT2D eigenvalue weighted by molar-refractivity contribution is -0.120. The molecule has 1 rings (SSSR count). The monoisotopic (exact) mass is 240 g/mol. The highest BCUT2D eigenvalue weighted by Crippen LogP contribution is 2.26. The molecule has 0 saturated heterocycles. The van der Waals surface area contributed by atoms with E-state index in [1.54, 1.807) is 0 Å². The highest BCUT2D eigenvalue weighted by Gasteiger charge is 2.18. The molecule has 1 amide bonds. The first kappa shape index (κ1) is 14.5. The molecule has 1 fully saturated rings. The van der Waals surface area contributed by atoms with Crippen LogP contribution in [0.4, 0.5) is 0 Å². The summed E-state index contributed by atoms with van der Waals surface area (Å²) in [4.78, 5) is 11.4. The average Bonchev–Trinajstić information content (AvgIpc) is 2.53. The Morgan fingerprint density at radius 1 is 1.18 bits per heavy atom. The van der Waals surface area contributed by atoms with Gasteiger partial charge in [-0.3, -0.25) is 4.79 Å². The molecule has 0 heterocycles. The zero-order chi connectivity index (χ0) is 12.5. The van der Waals surface area contributed by atoms with Crippen LogP contribution in [-0.4, -0.2) is 25.0 Å². The maximum absolute atomic E-state index is 11.4. The first-order chi connectivity index (χ1) is 8.26. The molecule has 2 N–H and O–H groups in total. The first-order valence-electron chi connectivity index (χ1n) is 7.26. The van der Waals surface area contributed by atoms with Gasteiger partial charge in [-0.1, -0.05) is 32.6 Å². The molecule has 0 aromatic rings. The number of amides is 1. The van der Waals surface area contributed by atoms with Crippen molar-refractivity contribution in [3.8, 4) is 0 Å². The molecule has 1 saturated carbocycles. The SMILES string of the molecule is CCCC1CCCC(NCC(=O)NCC)CC1. The Hall–Kier alpha value is -0.570. The number of carbonyl (C=O) groups excluding carboxylic acids is 1. The van der Waals surface area contributed by atoms with Crippen molar-refractivity contribution in [3.63, 3.8) is 0 Å². The topological polar surface area (TPSA) is 41.1 Å². The fraction of sp³-hybridized carbons (Fsp3) is 0.929. The van der Waals surface area contributed by atoms with E-state index in [0.717, 1.165) is 12.5 Å². The molecule has 2 unspecified atom stereocenters. The van der Waals surface area contributed by atoms with Crippen LogP contribution in [0.2, 0.25) is 0 Å². The quantitative estimate of drug-likeness (QED) is 0.700. The largest absolute Gasteiger partial charge is 0.355 e. The van der Waals surface area contributed by atoms with Crippen molar-refractivity contribution < 1.29 is 4.79 Å². The summed E-state index contributed by atoms with van der Waals surface area (Å²) in [6.45, 7) is 5.44. The van der Waals surface area contributed by atoms with Crippen LogP contribution in [0.3, 0.4) is 0 Å². The van der Waals surface area contributed by atoms with Crippen LogP contribution in [0.15, 0.2) is 0 Å². The minimum atomic E-state index is 0.127. The normalized spacial score (nSPS) is 25.3. The van der Waals surface area contributed by atoms with Crippen molar-refractivity contribution in [1.29, 1.82) is 0 Å². The molecule has 1 aliphatic rings. The van der Waals surface area contributed by atoms with Crippen LogP contribution < -0.4 is 10.6 Å². The van der Waals surface area contributed by atoms with Gasteiger partial charge in [0, 0.05) is 12.6 Å². The Kier molecular flexibility index (Phi) is 7.25. The highest BCUT2D eigenvalue weighted by molar-refractivity contribution is 5.77. The van der Waals surface area contributed by atoms with Gasteiger partial charge in [-0.05, 0) is 32.1 Å². The zero-order valence-electron chi connectivity index (χ0n) is 11.4. The molecule has 0 radical (unpaired) electrons. The van der Waals surface area contributed by atoms with E-state index in [-0.39, 0.29) is 5.91 Å². The molecule has 0 aliphatic heterocycles. The Bertz CT molecular complexity index is 218. The van der Waals surface area contributed by atoms with Gasteiger partial charge >= 0.3 is 0 Å². The predicted octanol–water partition coefficient (Wildman–Crippen LogP) is 2.46. The smallest absolute Gasteiger partial charge is 0.233 e. The third-order valence-corrected chi connectivity index (χ3v) is 3.71. The number of carbonyl (C=O) groups is 1. The fourth-order valence-electron chi connectivity index (χ4n) is 2.78. The van der Waals surface area contributed by atoms with Crippen LogP contribution in [0.1, 0.15) is 58.8 Å². The summed E-state index contributed by atoms with van der Waals surface area (Å²) in [6.07, 6.45) is 9.19. The standard InChI is InChI=1S/C14H28N2O/c1-3-6-12-7-5-8-13(10-9-12)16-11-14(17)15-4-2/h12-13,16H,3-11H2,1-2H3,(H,15,17). The Labute approximate surface area is 106 Å². The van der Waals surface area contributed by atoms with Crippen molar-refractivity contribution in [2.75, 3.05) is 13.1 Å². The minimum Gasteiger partial charge on any atom is -0.355 e. The van der Waals surface area contributed by atoms with E-state index in [4.69, 9.17) is 0 Å².